The molecule has 0 saturated carbocycles. The van der Waals surface area contributed by atoms with E-state index < -0.39 is 20.0 Å². The van der Waals surface area contributed by atoms with Crippen LogP contribution in [0.2, 0.25) is 0 Å². The van der Waals surface area contributed by atoms with Crippen molar-refractivity contribution in [1.82, 2.24) is 9.03 Å². The van der Waals surface area contributed by atoms with Crippen LogP contribution in [0.3, 0.4) is 0 Å². The van der Waals surface area contributed by atoms with Crippen LogP contribution in [0.5, 0.6) is 0 Å². The number of ether oxygens (including phenoxy) is 1. The van der Waals surface area contributed by atoms with Gasteiger partial charge in [-0.3, -0.25) is 0 Å². The summed E-state index contributed by atoms with van der Waals surface area (Å²) in [6.45, 7) is 1.57. The number of rotatable bonds is 5. The number of fused-ring (bicyclic) bond motifs is 1. The number of nitrogens with zero attached hydrogens (tertiary/aromatic N) is 1. The monoisotopic (exact) mass is 374 g/mol. The number of hydrogen-bond acceptors (Lipinski definition) is 5. The molecule has 1 atom stereocenters. The molecular weight excluding hydrogens is 352 g/mol. The molecule has 0 radical (unpaired) electrons. The zero-order valence-corrected chi connectivity index (χ0v) is 15.2. The van der Waals surface area contributed by atoms with E-state index in [9.17, 15) is 16.8 Å². The van der Waals surface area contributed by atoms with Crippen LogP contribution in [0.25, 0.3) is 0 Å². The van der Waals surface area contributed by atoms with Gasteiger partial charge in [-0.25, -0.2) is 21.6 Å². The summed E-state index contributed by atoms with van der Waals surface area (Å²) in [7, 11) is -6.92. The van der Waals surface area contributed by atoms with Crippen LogP contribution in [0.4, 0.5) is 0 Å². The van der Waals surface area contributed by atoms with Gasteiger partial charge in [0.1, 0.15) is 0 Å². The molecule has 1 aromatic carbocycles. The maximum atomic E-state index is 12.5. The van der Waals surface area contributed by atoms with Crippen LogP contribution in [-0.4, -0.2) is 53.2 Å². The van der Waals surface area contributed by atoms with E-state index in [1.54, 1.807) is 18.2 Å². The standard InChI is InChI=1S/C15H22N2O5S2/c1-23(18,19)17-7-6-12-4-5-15(9-13(12)11-17)24(20,21)16-10-14-3-2-8-22-14/h4-5,9,14,16H,2-3,6-8,10-11H2,1H3/t14-/m0/s1. The zero-order valence-electron chi connectivity index (χ0n) is 13.6. The van der Waals surface area contributed by atoms with Crippen molar-refractivity contribution < 1.29 is 21.6 Å². The Morgan fingerprint density at radius 2 is 2.04 bits per heavy atom. The van der Waals surface area contributed by atoms with Crippen molar-refractivity contribution in [3.63, 3.8) is 0 Å². The maximum absolute atomic E-state index is 12.5. The second-order valence-electron chi connectivity index (χ2n) is 6.26. The Morgan fingerprint density at radius 1 is 1.25 bits per heavy atom. The molecule has 1 saturated heterocycles. The lowest BCUT2D eigenvalue weighted by Gasteiger charge is -2.27. The quantitative estimate of drug-likeness (QED) is 0.808. The van der Waals surface area contributed by atoms with Crippen LogP contribution in [-0.2, 0) is 37.7 Å². The van der Waals surface area contributed by atoms with E-state index >= 15 is 0 Å². The molecule has 1 fully saturated rings. The van der Waals surface area contributed by atoms with E-state index in [0.29, 0.717) is 19.6 Å². The third kappa shape index (κ3) is 3.97. The molecule has 3 rings (SSSR count). The van der Waals surface area contributed by atoms with Crippen molar-refractivity contribution in [2.24, 2.45) is 0 Å². The van der Waals surface area contributed by atoms with Gasteiger partial charge in [0, 0.05) is 26.2 Å². The maximum Gasteiger partial charge on any atom is 0.240 e. The van der Waals surface area contributed by atoms with Gasteiger partial charge >= 0.3 is 0 Å². The first kappa shape index (κ1) is 17.8. The average molecular weight is 374 g/mol. The van der Waals surface area contributed by atoms with Gasteiger partial charge < -0.3 is 4.74 Å². The summed E-state index contributed by atoms with van der Waals surface area (Å²) in [5.74, 6) is 0. The highest BCUT2D eigenvalue weighted by atomic mass is 32.2. The third-order valence-electron chi connectivity index (χ3n) is 4.46. The fraction of sp³-hybridized carbons (Fsp3) is 0.600. The predicted molar refractivity (Wildman–Crippen MR) is 89.6 cm³/mol. The fourth-order valence-electron chi connectivity index (χ4n) is 3.05. The Morgan fingerprint density at radius 3 is 2.71 bits per heavy atom. The average Bonchev–Trinajstić information content (AvgIpc) is 3.04. The van der Waals surface area contributed by atoms with Crippen molar-refractivity contribution in [1.29, 1.82) is 0 Å². The van der Waals surface area contributed by atoms with Gasteiger partial charge in [-0.05, 0) is 42.5 Å². The summed E-state index contributed by atoms with van der Waals surface area (Å²) in [4.78, 5) is 0.162. The largest absolute Gasteiger partial charge is 0.377 e. The highest BCUT2D eigenvalue weighted by Gasteiger charge is 2.25. The Labute approximate surface area is 143 Å². The molecule has 2 aliphatic heterocycles. The smallest absolute Gasteiger partial charge is 0.240 e. The van der Waals surface area contributed by atoms with E-state index in [2.05, 4.69) is 4.72 Å². The highest BCUT2D eigenvalue weighted by Crippen LogP contribution is 2.24. The lowest BCUT2D eigenvalue weighted by atomic mass is 10.0. The number of hydrogen-bond donors (Lipinski definition) is 1. The number of benzene rings is 1. The minimum atomic E-state index is -3.63. The minimum absolute atomic E-state index is 0.0712. The molecule has 1 N–H and O–H groups in total. The van der Waals surface area contributed by atoms with E-state index in [-0.39, 0.29) is 24.1 Å². The second kappa shape index (κ2) is 6.72. The number of sulfonamides is 2. The van der Waals surface area contributed by atoms with Crippen molar-refractivity contribution in [3.8, 4) is 0 Å². The summed E-state index contributed by atoms with van der Waals surface area (Å²) in [6, 6.07) is 4.92. The highest BCUT2D eigenvalue weighted by molar-refractivity contribution is 7.89. The van der Waals surface area contributed by atoms with Crippen LogP contribution >= 0.6 is 0 Å². The molecule has 2 heterocycles. The van der Waals surface area contributed by atoms with Gasteiger partial charge in [-0.2, -0.15) is 4.31 Å². The van der Waals surface area contributed by atoms with Crippen molar-refractivity contribution in [3.05, 3.63) is 29.3 Å². The van der Waals surface area contributed by atoms with Crippen molar-refractivity contribution in [2.45, 2.75) is 36.8 Å². The van der Waals surface area contributed by atoms with Gasteiger partial charge in [0.15, 0.2) is 0 Å². The predicted octanol–water partition coefficient (Wildman–Crippen LogP) is 0.462. The molecule has 1 aromatic rings. The van der Waals surface area contributed by atoms with E-state index in [0.717, 1.165) is 24.0 Å². The number of nitrogens with one attached hydrogen (secondary N) is 1. The Balaban J connectivity index is 1.77. The molecule has 0 amide bonds. The van der Waals surface area contributed by atoms with E-state index in [1.807, 2.05) is 0 Å². The van der Waals surface area contributed by atoms with Gasteiger partial charge in [0.25, 0.3) is 0 Å². The minimum Gasteiger partial charge on any atom is -0.377 e. The summed E-state index contributed by atoms with van der Waals surface area (Å²) >= 11 is 0. The van der Waals surface area contributed by atoms with Crippen LogP contribution < -0.4 is 4.72 Å². The first-order valence-electron chi connectivity index (χ1n) is 7.94. The van der Waals surface area contributed by atoms with Gasteiger partial charge in [0.05, 0.1) is 17.3 Å². The normalized spacial score (nSPS) is 22.5. The summed E-state index contributed by atoms with van der Waals surface area (Å²) in [6.07, 6.45) is 3.49. The molecule has 2 aliphatic rings. The van der Waals surface area contributed by atoms with Gasteiger partial charge in [-0.15, -0.1) is 0 Å². The van der Waals surface area contributed by atoms with E-state index in [1.165, 1.54) is 10.6 Å². The molecule has 134 valence electrons. The first-order valence-corrected chi connectivity index (χ1v) is 11.3. The molecule has 0 unspecified atom stereocenters. The Bertz CT molecular complexity index is 814. The SMILES string of the molecule is CS(=O)(=O)N1CCc2ccc(S(=O)(=O)NC[C@@H]3CCCO3)cc2C1. The van der Waals surface area contributed by atoms with Crippen LogP contribution in [0.1, 0.15) is 24.0 Å². The third-order valence-corrected chi connectivity index (χ3v) is 7.13. The molecule has 0 bridgehead atoms. The summed E-state index contributed by atoms with van der Waals surface area (Å²) < 4.78 is 57.7. The Kier molecular flexibility index (Phi) is 4.99. The Hall–Kier alpha value is -1.00. The zero-order chi connectivity index (χ0) is 17.4. The molecule has 24 heavy (non-hydrogen) atoms. The molecule has 0 aliphatic carbocycles. The second-order valence-corrected chi connectivity index (χ2v) is 10.0. The fourth-order valence-corrected chi connectivity index (χ4v) is 4.96. The lowest BCUT2D eigenvalue weighted by Crippen LogP contribution is -2.35. The van der Waals surface area contributed by atoms with Crippen LogP contribution in [0.15, 0.2) is 23.1 Å². The lowest BCUT2D eigenvalue weighted by molar-refractivity contribution is 0.114. The molecule has 9 heteroatoms. The van der Waals surface area contributed by atoms with Crippen molar-refractivity contribution >= 4 is 20.0 Å². The summed E-state index contributed by atoms with van der Waals surface area (Å²) in [5, 5.41) is 0. The van der Waals surface area contributed by atoms with Crippen LogP contribution in [0, 0.1) is 0 Å². The topological polar surface area (TPSA) is 92.8 Å². The van der Waals surface area contributed by atoms with Crippen molar-refractivity contribution in [2.75, 3.05) is 26.0 Å². The van der Waals surface area contributed by atoms with Gasteiger partial charge in [-0.1, -0.05) is 6.07 Å². The van der Waals surface area contributed by atoms with E-state index in [4.69, 9.17) is 4.74 Å². The molecule has 7 nitrogen and oxygen atoms in total. The van der Waals surface area contributed by atoms with Gasteiger partial charge in [0.2, 0.25) is 20.0 Å². The first-order chi connectivity index (χ1) is 11.3. The molecule has 0 aromatic heterocycles. The molecular formula is C15H22N2O5S2. The summed E-state index contributed by atoms with van der Waals surface area (Å²) in [5.41, 5.74) is 1.74. The molecule has 0 spiro atoms.